The number of benzene rings is 2. The molecule has 0 aromatic heterocycles. The van der Waals surface area contributed by atoms with Gasteiger partial charge in [-0.05, 0) is 6.07 Å². The smallest absolute Gasteiger partial charge is 0.422 e. The van der Waals surface area contributed by atoms with Crippen LogP contribution in [0.2, 0.25) is 0 Å². The second-order valence-electron chi connectivity index (χ2n) is 6.62. The largest absolute Gasteiger partial charge is 0.497 e. The summed E-state index contributed by atoms with van der Waals surface area (Å²) in [5, 5.41) is 7.43. The number of alkyl halides is 3. The monoisotopic (exact) mass is 495 g/mol. The fourth-order valence-electron chi connectivity index (χ4n) is 2.77. The van der Waals surface area contributed by atoms with Crippen LogP contribution in [0.5, 0.6) is 11.5 Å². The molecule has 0 saturated carbocycles. The summed E-state index contributed by atoms with van der Waals surface area (Å²) in [6, 6.07) is 5.33. The van der Waals surface area contributed by atoms with Crippen molar-refractivity contribution in [2.45, 2.75) is 18.8 Å². The number of nitrogens with two attached hydrogens (primary N) is 1. The zero-order valence-electron chi connectivity index (χ0n) is 17.3. The van der Waals surface area contributed by atoms with Gasteiger partial charge in [-0.3, -0.25) is 10.2 Å². The van der Waals surface area contributed by atoms with Gasteiger partial charge in [0.25, 0.3) is 5.91 Å². The van der Waals surface area contributed by atoms with E-state index in [0.717, 1.165) is 25.3 Å². The van der Waals surface area contributed by atoms with Gasteiger partial charge in [0.2, 0.25) is 0 Å². The van der Waals surface area contributed by atoms with Gasteiger partial charge in [-0.25, -0.2) is 13.2 Å². The molecule has 180 valence electrons. The van der Waals surface area contributed by atoms with Crippen molar-refractivity contribution in [3.8, 4) is 11.5 Å². The lowest BCUT2D eigenvalue weighted by Gasteiger charge is -2.23. The Morgan fingerprint density at radius 2 is 1.79 bits per heavy atom. The van der Waals surface area contributed by atoms with E-state index in [2.05, 4.69) is 0 Å². The first-order valence-corrected chi connectivity index (χ1v) is 9.41. The van der Waals surface area contributed by atoms with Crippen LogP contribution in [0.3, 0.4) is 0 Å². The number of hydrogen-bond donors (Lipinski definition) is 2. The van der Waals surface area contributed by atoms with Gasteiger partial charge in [0.15, 0.2) is 12.7 Å². The normalized spacial score (nSPS) is 12.2. The lowest BCUT2D eigenvalue weighted by molar-refractivity contribution is -0.153. The molecule has 33 heavy (non-hydrogen) atoms. The first kappa shape index (κ1) is 26.1. The number of nitrogens with zero attached hydrogens (tertiary/aromatic N) is 1. The first-order valence-electron chi connectivity index (χ1n) is 9.07. The second-order valence-corrected chi connectivity index (χ2v) is 7.03. The lowest BCUT2D eigenvalue weighted by Crippen LogP contribution is -2.30. The third-order valence-electron chi connectivity index (χ3n) is 4.33. The molecule has 0 aliphatic carbocycles. The molecule has 0 saturated heterocycles. The molecule has 0 radical (unpaired) electrons. The number of carbonyl (C=O) groups excluding carboxylic acids is 1. The molecule has 0 spiro atoms. The number of nitrogens with one attached hydrogen (secondary N) is 1. The molecule has 7 nitrogen and oxygen atoms in total. The number of nitrogen functional groups attached to an aromatic ring is 1. The van der Waals surface area contributed by atoms with Crippen molar-refractivity contribution in [2.24, 2.45) is 5.73 Å². The van der Waals surface area contributed by atoms with Crippen LogP contribution in [0.1, 0.15) is 22.8 Å². The van der Waals surface area contributed by atoms with Crippen LogP contribution in [0, 0.1) is 17.0 Å². The SMILES string of the molecule is COc1cc(F)c(C(OC)C(=O)N(Cl)Cc2ccc(C(=N)N)cc2OCC(F)(F)F)c(F)c1. The average molecular weight is 496 g/mol. The van der Waals surface area contributed by atoms with E-state index in [1.165, 1.54) is 19.2 Å². The number of amidine groups is 1. The number of methoxy groups -OCH3 is 2. The number of halogens is 6. The van der Waals surface area contributed by atoms with E-state index in [1.807, 2.05) is 0 Å². The number of ether oxygens (including phenoxy) is 3. The van der Waals surface area contributed by atoms with Gasteiger partial charge in [0.05, 0.1) is 19.2 Å². The summed E-state index contributed by atoms with van der Waals surface area (Å²) in [6.45, 7) is -2.18. The minimum Gasteiger partial charge on any atom is -0.497 e. The Balaban J connectivity index is 2.33. The fraction of sp³-hybridized carbons (Fsp3) is 0.300. The summed E-state index contributed by atoms with van der Waals surface area (Å²) in [7, 11) is 2.22. The zero-order chi connectivity index (χ0) is 24.9. The molecule has 2 aromatic rings. The number of carbonyl (C=O) groups is 1. The summed E-state index contributed by atoms with van der Waals surface area (Å²) in [5.41, 5.74) is 4.71. The van der Waals surface area contributed by atoms with E-state index in [4.69, 9.17) is 37.1 Å². The Morgan fingerprint density at radius 1 is 1.18 bits per heavy atom. The van der Waals surface area contributed by atoms with Crippen molar-refractivity contribution in [1.82, 2.24) is 4.42 Å². The van der Waals surface area contributed by atoms with Crippen LogP contribution in [0.25, 0.3) is 0 Å². The highest BCUT2D eigenvalue weighted by Gasteiger charge is 2.32. The van der Waals surface area contributed by atoms with Gasteiger partial charge in [0, 0.05) is 42.1 Å². The fourth-order valence-corrected chi connectivity index (χ4v) is 2.99. The molecule has 0 fully saturated rings. The standard InChI is InChI=1S/C20H19ClF5N3O4/c1-31-12-6-13(22)16(14(23)7-12)17(32-2)19(30)29(21)8-11-4-3-10(18(27)28)5-15(11)33-9-20(24,25)26/h3-7,17H,8-9H2,1-2H3,(H3,27,28). The van der Waals surface area contributed by atoms with Crippen LogP contribution < -0.4 is 15.2 Å². The van der Waals surface area contributed by atoms with E-state index in [-0.39, 0.29) is 22.6 Å². The zero-order valence-corrected chi connectivity index (χ0v) is 18.1. The minimum atomic E-state index is -4.66. The maximum Gasteiger partial charge on any atom is 0.422 e. The van der Waals surface area contributed by atoms with E-state index in [1.54, 1.807) is 0 Å². The highest BCUT2D eigenvalue weighted by molar-refractivity contribution is 6.21. The van der Waals surface area contributed by atoms with Crippen LogP contribution >= 0.6 is 11.8 Å². The van der Waals surface area contributed by atoms with Crippen LogP contribution in [0.4, 0.5) is 22.0 Å². The number of rotatable bonds is 9. The Hall–Kier alpha value is -3.12. The van der Waals surface area contributed by atoms with Gasteiger partial charge in [0.1, 0.15) is 29.0 Å². The molecule has 0 bridgehead atoms. The van der Waals surface area contributed by atoms with E-state index in [9.17, 15) is 26.7 Å². The molecule has 3 N–H and O–H groups in total. The predicted octanol–water partition coefficient (Wildman–Crippen LogP) is 4.07. The third-order valence-corrected chi connectivity index (χ3v) is 4.61. The molecule has 13 heteroatoms. The topological polar surface area (TPSA) is 97.9 Å². The number of amides is 1. The van der Waals surface area contributed by atoms with E-state index < -0.39 is 54.4 Å². The second kappa shape index (κ2) is 10.7. The van der Waals surface area contributed by atoms with Crippen molar-refractivity contribution in [1.29, 1.82) is 5.41 Å². The molecule has 0 aliphatic heterocycles. The lowest BCUT2D eigenvalue weighted by atomic mass is 10.1. The minimum absolute atomic E-state index is 0.0122. The molecule has 1 unspecified atom stereocenters. The predicted molar refractivity (Wildman–Crippen MR) is 108 cm³/mol. The van der Waals surface area contributed by atoms with Crippen molar-refractivity contribution in [2.75, 3.05) is 20.8 Å². The summed E-state index contributed by atoms with van der Waals surface area (Å²) in [4.78, 5) is 12.8. The van der Waals surface area contributed by atoms with Crippen LogP contribution in [0.15, 0.2) is 30.3 Å². The highest BCUT2D eigenvalue weighted by Crippen LogP contribution is 2.31. The number of hydrogen-bond acceptors (Lipinski definition) is 5. The van der Waals surface area contributed by atoms with Gasteiger partial charge >= 0.3 is 6.18 Å². The van der Waals surface area contributed by atoms with Crippen LogP contribution in [-0.4, -0.2) is 43.2 Å². The van der Waals surface area contributed by atoms with Crippen LogP contribution in [-0.2, 0) is 16.1 Å². The van der Waals surface area contributed by atoms with Crippen molar-refractivity contribution in [3.05, 3.63) is 58.7 Å². The third kappa shape index (κ3) is 6.68. The van der Waals surface area contributed by atoms with Gasteiger partial charge in [-0.15, -0.1) is 0 Å². The van der Waals surface area contributed by atoms with Gasteiger partial charge < -0.3 is 19.9 Å². The van der Waals surface area contributed by atoms with Crippen molar-refractivity contribution < 1.29 is 41.0 Å². The summed E-state index contributed by atoms with van der Waals surface area (Å²) < 4.78 is 81.6. The molecule has 0 heterocycles. The summed E-state index contributed by atoms with van der Waals surface area (Å²) in [6.07, 6.45) is -6.46. The quantitative estimate of drug-likeness (QED) is 0.236. The molecular formula is C20H19ClF5N3O4. The van der Waals surface area contributed by atoms with Crippen molar-refractivity contribution >= 4 is 23.5 Å². The average Bonchev–Trinajstić information content (AvgIpc) is 2.73. The van der Waals surface area contributed by atoms with E-state index in [0.29, 0.717) is 4.42 Å². The molecular weight excluding hydrogens is 477 g/mol. The van der Waals surface area contributed by atoms with E-state index >= 15 is 0 Å². The Kier molecular flexibility index (Phi) is 8.45. The Bertz CT molecular complexity index is 1010. The Morgan fingerprint density at radius 3 is 2.27 bits per heavy atom. The highest BCUT2D eigenvalue weighted by atomic mass is 35.5. The summed E-state index contributed by atoms with van der Waals surface area (Å²) in [5.74, 6) is -4.25. The molecule has 2 aromatic carbocycles. The Labute approximate surface area is 190 Å². The molecule has 1 atom stereocenters. The van der Waals surface area contributed by atoms with Gasteiger partial charge in [-0.2, -0.15) is 13.2 Å². The maximum atomic E-state index is 14.4. The van der Waals surface area contributed by atoms with Gasteiger partial charge in [-0.1, -0.05) is 12.1 Å². The van der Waals surface area contributed by atoms with Crippen molar-refractivity contribution in [3.63, 3.8) is 0 Å². The molecule has 1 amide bonds. The first-order chi connectivity index (χ1) is 15.4. The molecule has 0 aliphatic rings. The molecule has 2 rings (SSSR count). The summed E-state index contributed by atoms with van der Waals surface area (Å²) >= 11 is 6.01. The maximum absolute atomic E-state index is 14.4.